The summed E-state index contributed by atoms with van der Waals surface area (Å²) in [5.74, 6) is 0.482. The van der Waals surface area contributed by atoms with E-state index in [1.807, 2.05) is 27.8 Å². The third kappa shape index (κ3) is 4.03. The maximum atomic E-state index is 13.4. The Bertz CT molecular complexity index is 1270. The second-order valence-corrected chi connectivity index (χ2v) is 10.9. The molecule has 7 nitrogen and oxygen atoms in total. The molecule has 0 fully saturated rings. The molecular weight excluding hydrogens is 442 g/mol. The lowest BCUT2D eigenvalue weighted by atomic mass is 9.89. The van der Waals surface area contributed by atoms with Crippen molar-refractivity contribution >= 4 is 44.9 Å². The van der Waals surface area contributed by atoms with Crippen LogP contribution in [0.5, 0.6) is 0 Å². The summed E-state index contributed by atoms with van der Waals surface area (Å²) in [6, 6.07) is 0. The van der Waals surface area contributed by atoms with Crippen LogP contribution in [-0.2, 0) is 31.2 Å². The van der Waals surface area contributed by atoms with E-state index in [0.717, 1.165) is 46.6 Å². The minimum absolute atomic E-state index is 0.0315. The van der Waals surface area contributed by atoms with Crippen molar-refractivity contribution in [2.24, 2.45) is 13.0 Å². The van der Waals surface area contributed by atoms with E-state index in [4.69, 9.17) is 4.98 Å². The zero-order chi connectivity index (χ0) is 23.2. The van der Waals surface area contributed by atoms with E-state index in [-0.39, 0.29) is 11.5 Å². The van der Waals surface area contributed by atoms with Crippen molar-refractivity contribution in [1.29, 1.82) is 0 Å². The van der Waals surface area contributed by atoms with Crippen molar-refractivity contribution < 1.29 is 4.79 Å². The van der Waals surface area contributed by atoms with Gasteiger partial charge in [0, 0.05) is 18.5 Å². The van der Waals surface area contributed by atoms with E-state index in [2.05, 4.69) is 23.9 Å². The zero-order valence-corrected chi connectivity index (χ0v) is 20.8. The van der Waals surface area contributed by atoms with Gasteiger partial charge in [-0.3, -0.25) is 18.8 Å². The molecule has 0 radical (unpaired) electrons. The molecule has 0 saturated carbocycles. The fourth-order valence-electron chi connectivity index (χ4n) is 4.18. The second-order valence-electron chi connectivity index (χ2n) is 8.55. The van der Waals surface area contributed by atoms with Crippen LogP contribution in [-0.4, -0.2) is 30.5 Å². The maximum absolute atomic E-state index is 13.4. The first-order valence-corrected chi connectivity index (χ1v) is 12.5. The molecule has 1 aliphatic rings. The number of fused-ring (bicyclic) bond motifs is 3. The van der Waals surface area contributed by atoms with Gasteiger partial charge in [0.25, 0.3) is 5.56 Å². The summed E-state index contributed by atoms with van der Waals surface area (Å²) >= 11 is 2.93. The number of amides is 1. The molecule has 3 heterocycles. The zero-order valence-electron chi connectivity index (χ0n) is 19.2. The van der Waals surface area contributed by atoms with Gasteiger partial charge in [-0.25, -0.2) is 4.98 Å². The summed E-state index contributed by atoms with van der Waals surface area (Å²) in [7, 11) is 1.85. The SMILES string of the molecule is C=CCn1c(SC(C)C(=O)Nc2c(C)nn(C)c2C)nc2sc3c(c2c1=O)CCC(C)C3. The van der Waals surface area contributed by atoms with Crippen LogP contribution in [0.3, 0.4) is 0 Å². The van der Waals surface area contributed by atoms with E-state index in [1.54, 1.807) is 26.7 Å². The van der Waals surface area contributed by atoms with Gasteiger partial charge in [-0.1, -0.05) is 24.8 Å². The van der Waals surface area contributed by atoms with Gasteiger partial charge in [-0.2, -0.15) is 5.10 Å². The molecule has 0 bridgehead atoms. The molecule has 32 heavy (non-hydrogen) atoms. The number of allylic oxidation sites excluding steroid dienone is 1. The van der Waals surface area contributed by atoms with E-state index in [9.17, 15) is 9.59 Å². The topological polar surface area (TPSA) is 81.8 Å². The highest BCUT2D eigenvalue weighted by Crippen LogP contribution is 2.37. The molecule has 2 unspecified atom stereocenters. The van der Waals surface area contributed by atoms with Gasteiger partial charge in [0.1, 0.15) is 4.83 Å². The van der Waals surface area contributed by atoms with Crippen molar-refractivity contribution in [1.82, 2.24) is 19.3 Å². The lowest BCUT2D eigenvalue weighted by Crippen LogP contribution is -2.27. The van der Waals surface area contributed by atoms with Crippen LogP contribution in [0.1, 0.15) is 42.1 Å². The summed E-state index contributed by atoms with van der Waals surface area (Å²) in [5, 5.41) is 8.21. The van der Waals surface area contributed by atoms with Gasteiger partial charge in [0.05, 0.1) is 27.7 Å². The van der Waals surface area contributed by atoms with Crippen molar-refractivity contribution in [2.75, 3.05) is 5.32 Å². The van der Waals surface area contributed by atoms with Crippen LogP contribution in [0, 0.1) is 19.8 Å². The fraction of sp³-hybridized carbons (Fsp3) is 0.478. The van der Waals surface area contributed by atoms with E-state index < -0.39 is 5.25 Å². The van der Waals surface area contributed by atoms with Crippen LogP contribution >= 0.6 is 23.1 Å². The Morgan fingerprint density at radius 1 is 1.44 bits per heavy atom. The summed E-state index contributed by atoms with van der Waals surface area (Å²) in [5.41, 5.74) is 3.54. The first-order chi connectivity index (χ1) is 15.2. The molecule has 170 valence electrons. The molecule has 0 saturated heterocycles. The van der Waals surface area contributed by atoms with E-state index >= 15 is 0 Å². The predicted molar refractivity (Wildman–Crippen MR) is 132 cm³/mol. The van der Waals surface area contributed by atoms with Crippen molar-refractivity contribution in [2.45, 2.75) is 63.9 Å². The number of anilines is 1. The number of aryl methyl sites for hydroxylation is 3. The number of nitrogens with zero attached hydrogens (tertiary/aromatic N) is 4. The van der Waals surface area contributed by atoms with E-state index in [1.165, 1.54) is 22.2 Å². The molecule has 1 N–H and O–H groups in total. The number of aromatic nitrogens is 4. The normalized spacial score (nSPS) is 16.7. The number of rotatable bonds is 6. The molecule has 3 aromatic rings. The van der Waals surface area contributed by atoms with Crippen molar-refractivity contribution in [3.63, 3.8) is 0 Å². The molecule has 1 aliphatic carbocycles. The third-order valence-corrected chi connectivity index (χ3v) is 8.34. The van der Waals surface area contributed by atoms with Gasteiger partial charge in [-0.05, 0) is 51.5 Å². The predicted octanol–water partition coefficient (Wildman–Crippen LogP) is 4.24. The second kappa shape index (κ2) is 8.86. The minimum atomic E-state index is -0.441. The number of thioether (sulfide) groups is 1. The van der Waals surface area contributed by atoms with Gasteiger partial charge in [0.2, 0.25) is 5.91 Å². The average molecular weight is 472 g/mol. The van der Waals surface area contributed by atoms with Gasteiger partial charge in [0.15, 0.2) is 5.16 Å². The number of carbonyl (C=O) groups excluding carboxylic acids is 1. The number of thiophene rings is 1. The monoisotopic (exact) mass is 471 g/mol. The average Bonchev–Trinajstić information content (AvgIpc) is 3.21. The number of hydrogen-bond donors (Lipinski definition) is 1. The van der Waals surface area contributed by atoms with Crippen LogP contribution in [0.25, 0.3) is 10.2 Å². The van der Waals surface area contributed by atoms with Crippen molar-refractivity contribution in [3.05, 3.63) is 44.8 Å². The Kier molecular flexibility index (Phi) is 6.31. The number of nitrogens with one attached hydrogen (secondary N) is 1. The number of hydrogen-bond acceptors (Lipinski definition) is 6. The Morgan fingerprint density at radius 3 is 2.84 bits per heavy atom. The molecule has 0 aromatic carbocycles. The van der Waals surface area contributed by atoms with Crippen LogP contribution in [0.2, 0.25) is 0 Å². The van der Waals surface area contributed by atoms with E-state index in [0.29, 0.717) is 17.6 Å². The standard InChI is InChI=1S/C23H29N5O2S2/c1-7-10-28-22(30)18-16-9-8-12(2)11-17(16)32-21(18)25-23(28)31-15(5)20(29)24-19-13(3)26-27(6)14(19)4/h7,12,15H,1,8-11H2,2-6H3,(H,24,29). The highest BCUT2D eigenvalue weighted by atomic mass is 32.2. The van der Waals surface area contributed by atoms with Gasteiger partial charge >= 0.3 is 0 Å². The summed E-state index contributed by atoms with van der Waals surface area (Å²) < 4.78 is 3.40. The summed E-state index contributed by atoms with van der Waals surface area (Å²) in [6.45, 7) is 12.1. The number of carbonyl (C=O) groups is 1. The maximum Gasteiger partial charge on any atom is 0.263 e. The third-order valence-electron chi connectivity index (χ3n) is 6.10. The molecule has 3 aromatic heterocycles. The first kappa shape index (κ1) is 22.8. The highest BCUT2D eigenvalue weighted by Gasteiger charge is 2.26. The lowest BCUT2D eigenvalue weighted by molar-refractivity contribution is -0.115. The van der Waals surface area contributed by atoms with Crippen LogP contribution < -0.4 is 10.9 Å². The Balaban J connectivity index is 1.67. The molecular formula is C23H29N5O2S2. The molecule has 0 aliphatic heterocycles. The smallest absolute Gasteiger partial charge is 0.263 e. The Morgan fingerprint density at radius 2 is 2.19 bits per heavy atom. The fourth-order valence-corrected chi connectivity index (χ4v) is 6.52. The quantitative estimate of drug-likeness (QED) is 0.330. The molecule has 0 spiro atoms. The molecule has 1 amide bonds. The molecule has 2 atom stereocenters. The molecule has 9 heteroatoms. The van der Waals surface area contributed by atoms with Crippen LogP contribution in [0.15, 0.2) is 22.6 Å². The minimum Gasteiger partial charge on any atom is -0.322 e. The first-order valence-electron chi connectivity index (χ1n) is 10.8. The van der Waals surface area contributed by atoms with Crippen molar-refractivity contribution in [3.8, 4) is 0 Å². The Labute approximate surface area is 195 Å². The summed E-state index contributed by atoms with van der Waals surface area (Å²) in [4.78, 5) is 33.3. The van der Waals surface area contributed by atoms with Gasteiger partial charge < -0.3 is 5.32 Å². The lowest BCUT2D eigenvalue weighted by Gasteiger charge is -2.18. The largest absolute Gasteiger partial charge is 0.322 e. The Hall–Kier alpha value is -2.39. The van der Waals surface area contributed by atoms with Crippen LogP contribution in [0.4, 0.5) is 5.69 Å². The highest BCUT2D eigenvalue weighted by molar-refractivity contribution is 8.00. The van der Waals surface area contributed by atoms with Gasteiger partial charge in [-0.15, -0.1) is 17.9 Å². The molecule has 4 rings (SSSR count). The summed E-state index contributed by atoms with van der Waals surface area (Å²) in [6.07, 6.45) is 4.73.